The van der Waals surface area contributed by atoms with E-state index in [1.54, 1.807) is 17.0 Å². The topological polar surface area (TPSA) is 81.7 Å². The lowest BCUT2D eigenvalue weighted by Gasteiger charge is -2.54. The molecule has 3 atom stereocenters. The van der Waals surface area contributed by atoms with E-state index in [0.29, 0.717) is 18.7 Å². The number of rotatable bonds is 7. The fourth-order valence-electron chi connectivity index (χ4n) is 3.81. The number of hydrogen-bond acceptors (Lipinski definition) is 3. The van der Waals surface area contributed by atoms with E-state index >= 15 is 0 Å². The minimum absolute atomic E-state index is 0.0327. The van der Waals surface area contributed by atoms with Gasteiger partial charge in [-0.25, -0.2) is 4.79 Å². The van der Waals surface area contributed by atoms with E-state index in [-0.39, 0.29) is 36.5 Å². The van der Waals surface area contributed by atoms with Gasteiger partial charge in [0.1, 0.15) is 0 Å². The number of aliphatic hydroxyl groups is 1. The number of urea groups is 1. The fourth-order valence-corrected chi connectivity index (χ4v) is 3.81. The van der Waals surface area contributed by atoms with Gasteiger partial charge in [-0.2, -0.15) is 0 Å². The molecule has 0 aromatic heterocycles. The first kappa shape index (κ1) is 19.9. The summed E-state index contributed by atoms with van der Waals surface area (Å²) in [6, 6.07) is 18.1. The van der Waals surface area contributed by atoms with Crippen molar-refractivity contribution in [1.82, 2.24) is 15.5 Å². The highest BCUT2D eigenvalue weighted by Crippen LogP contribution is 2.40. The Morgan fingerprint density at radius 1 is 0.964 bits per heavy atom. The summed E-state index contributed by atoms with van der Waals surface area (Å²) in [6.07, 6.45) is 0.834. The molecule has 1 aliphatic heterocycles. The Kier molecular flexibility index (Phi) is 6.66. The van der Waals surface area contributed by atoms with Crippen LogP contribution < -0.4 is 10.6 Å². The first-order valence-corrected chi connectivity index (χ1v) is 9.72. The third-order valence-corrected chi connectivity index (χ3v) is 5.18. The van der Waals surface area contributed by atoms with E-state index in [4.69, 9.17) is 0 Å². The van der Waals surface area contributed by atoms with Crippen molar-refractivity contribution in [2.75, 3.05) is 19.7 Å². The molecule has 3 amide bonds. The van der Waals surface area contributed by atoms with Gasteiger partial charge < -0.3 is 20.6 Å². The molecule has 0 aliphatic carbocycles. The van der Waals surface area contributed by atoms with Crippen LogP contribution in [-0.4, -0.2) is 53.7 Å². The summed E-state index contributed by atoms with van der Waals surface area (Å²) in [5, 5.41) is 15.8. The minimum atomic E-state index is -0.308. The molecule has 28 heavy (non-hydrogen) atoms. The molecule has 3 N–H and O–H groups in total. The van der Waals surface area contributed by atoms with Crippen molar-refractivity contribution < 1.29 is 14.7 Å². The lowest BCUT2D eigenvalue weighted by atomic mass is 9.75. The monoisotopic (exact) mass is 381 g/mol. The standard InChI is InChI=1S/C22H27N3O3/c1-2-13-23-22(28)25-18(14-24-21(27)17-11-7-4-8-12-17)20(19(25)15-26)16-9-5-3-6-10-16/h3-12,18-20,26H,2,13-15H2,1H3,(H,23,28)(H,24,27)/t18-,19-,20-/m1/s1. The highest BCUT2D eigenvalue weighted by Gasteiger charge is 2.51. The van der Waals surface area contributed by atoms with Gasteiger partial charge in [0.25, 0.3) is 5.91 Å². The van der Waals surface area contributed by atoms with Crippen molar-refractivity contribution in [3.63, 3.8) is 0 Å². The van der Waals surface area contributed by atoms with Crippen LogP contribution in [0.25, 0.3) is 0 Å². The number of hydrogen-bond donors (Lipinski definition) is 3. The number of aliphatic hydroxyl groups excluding tert-OH is 1. The van der Waals surface area contributed by atoms with Crippen LogP contribution in [0.3, 0.4) is 0 Å². The van der Waals surface area contributed by atoms with Crippen molar-refractivity contribution in [2.24, 2.45) is 0 Å². The van der Waals surface area contributed by atoms with Crippen LogP contribution in [0.4, 0.5) is 4.79 Å². The molecule has 1 heterocycles. The predicted octanol–water partition coefficient (Wildman–Crippen LogP) is 2.36. The van der Waals surface area contributed by atoms with Crippen LogP contribution in [0.15, 0.2) is 60.7 Å². The van der Waals surface area contributed by atoms with Gasteiger partial charge in [0.2, 0.25) is 0 Å². The second-order valence-corrected chi connectivity index (χ2v) is 6.97. The smallest absolute Gasteiger partial charge is 0.318 e. The van der Waals surface area contributed by atoms with Crippen molar-refractivity contribution in [3.05, 3.63) is 71.8 Å². The highest BCUT2D eigenvalue weighted by atomic mass is 16.3. The summed E-state index contributed by atoms with van der Waals surface area (Å²) >= 11 is 0. The molecule has 6 heteroatoms. The number of likely N-dealkylation sites (tertiary alicyclic amines) is 1. The summed E-state index contributed by atoms with van der Waals surface area (Å²) in [5.41, 5.74) is 1.64. The summed E-state index contributed by atoms with van der Waals surface area (Å²) in [5.74, 6) is -0.205. The highest BCUT2D eigenvalue weighted by molar-refractivity contribution is 5.94. The maximum atomic E-state index is 12.6. The molecule has 0 bridgehead atoms. The maximum Gasteiger partial charge on any atom is 0.318 e. The van der Waals surface area contributed by atoms with Crippen LogP contribution in [0.2, 0.25) is 0 Å². The predicted molar refractivity (Wildman–Crippen MR) is 108 cm³/mol. The van der Waals surface area contributed by atoms with Gasteiger partial charge in [-0.3, -0.25) is 4.79 Å². The molecule has 0 spiro atoms. The van der Waals surface area contributed by atoms with Crippen molar-refractivity contribution >= 4 is 11.9 Å². The molecule has 1 aliphatic rings. The molecular formula is C22H27N3O3. The van der Waals surface area contributed by atoms with Gasteiger partial charge in [-0.05, 0) is 24.1 Å². The molecule has 0 unspecified atom stereocenters. The maximum absolute atomic E-state index is 12.6. The molecule has 1 saturated heterocycles. The van der Waals surface area contributed by atoms with Crippen LogP contribution in [0.1, 0.15) is 35.2 Å². The molecule has 1 fully saturated rings. The molecule has 2 aromatic carbocycles. The Morgan fingerprint density at radius 3 is 2.21 bits per heavy atom. The first-order chi connectivity index (χ1) is 13.7. The summed E-state index contributed by atoms with van der Waals surface area (Å²) in [7, 11) is 0. The van der Waals surface area contributed by atoms with Gasteiger partial charge in [0, 0.05) is 24.6 Å². The second-order valence-electron chi connectivity index (χ2n) is 6.97. The van der Waals surface area contributed by atoms with Gasteiger partial charge in [0.05, 0.1) is 18.7 Å². The lowest BCUT2D eigenvalue weighted by molar-refractivity contribution is -0.00687. The third-order valence-electron chi connectivity index (χ3n) is 5.18. The van der Waals surface area contributed by atoms with Crippen LogP contribution >= 0.6 is 0 Å². The van der Waals surface area contributed by atoms with E-state index in [1.165, 1.54) is 0 Å². The average molecular weight is 381 g/mol. The summed E-state index contributed by atoms with van der Waals surface area (Å²) in [4.78, 5) is 26.8. The van der Waals surface area contributed by atoms with Crippen molar-refractivity contribution in [1.29, 1.82) is 0 Å². The zero-order chi connectivity index (χ0) is 19.9. The fraction of sp³-hybridized carbons (Fsp3) is 0.364. The largest absolute Gasteiger partial charge is 0.394 e. The van der Waals surface area contributed by atoms with Gasteiger partial charge >= 0.3 is 6.03 Å². The van der Waals surface area contributed by atoms with E-state index in [1.807, 2.05) is 55.5 Å². The zero-order valence-corrected chi connectivity index (χ0v) is 16.0. The second kappa shape index (κ2) is 9.37. The van der Waals surface area contributed by atoms with Crippen LogP contribution in [0.5, 0.6) is 0 Å². The Bertz CT molecular complexity index is 782. The van der Waals surface area contributed by atoms with Crippen LogP contribution in [-0.2, 0) is 0 Å². The van der Waals surface area contributed by atoms with Crippen LogP contribution in [0, 0.1) is 0 Å². The number of nitrogens with one attached hydrogen (secondary N) is 2. The minimum Gasteiger partial charge on any atom is -0.394 e. The average Bonchev–Trinajstić information content (AvgIpc) is 2.73. The molecule has 148 valence electrons. The number of carbonyl (C=O) groups is 2. The lowest BCUT2D eigenvalue weighted by Crippen LogP contribution is -2.70. The van der Waals surface area contributed by atoms with E-state index in [9.17, 15) is 14.7 Å². The van der Waals surface area contributed by atoms with Gasteiger partial charge in [-0.15, -0.1) is 0 Å². The zero-order valence-electron chi connectivity index (χ0n) is 16.0. The normalized spacial score (nSPS) is 20.9. The molecule has 6 nitrogen and oxygen atoms in total. The SMILES string of the molecule is CCCNC(=O)N1[C@H](CO)[C@H](c2ccccc2)[C@H]1CNC(=O)c1ccccc1. The summed E-state index contributed by atoms with van der Waals surface area (Å²) < 4.78 is 0. The van der Waals surface area contributed by atoms with E-state index in [0.717, 1.165) is 12.0 Å². The number of carbonyl (C=O) groups excluding carboxylic acids is 2. The molecular weight excluding hydrogens is 354 g/mol. The molecule has 0 saturated carbocycles. The van der Waals surface area contributed by atoms with E-state index in [2.05, 4.69) is 10.6 Å². The van der Waals surface area contributed by atoms with E-state index < -0.39 is 0 Å². The molecule has 3 rings (SSSR count). The Balaban J connectivity index is 1.77. The molecule has 2 aromatic rings. The number of nitrogens with zero attached hydrogens (tertiary/aromatic N) is 1. The third kappa shape index (κ3) is 4.17. The first-order valence-electron chi connectivity index (χ1n) is 9.72. The van der Waals surface area contributed by atoms with Gasteiger partial charge in [0.15, 0.2) is 0 Å². The van der Waals surface area contributed by atoms with Gasteiger partial charge in [-0.1, -0.05) is 55.5 Å². The Hall–Kier alpha value is -2.86. The number of benzene rings is 2. The van der Waals surface area contributed by atoms with Crippen molar-refractivity contribution in [3.8, 4) is 0 Å². The van der Waals surface area contributed by atoms with Crippen molar-refractivity contribution in [2.45, 2.75) is 31.3 Å². The number of amides is 3. The summed E-state index contributed by atoms with van der Waals surface area (Å²) in [6.45, 7) is 2.77. The quantitative estimate of drug-likeness (QED) is 0.689. The Morgan fingerprint density at radius 2 is 1.61 bits per heavy atom. The Labute approximate surface area is 165 Å². The molecule has 0 radical (unpaired) electrons.